The van der Waals surface area contributed by atoms with E-state index in [-0.39, 0.29) is 11.0 Å². The van der Waals surface area contributed by atoms with Crippen molar-refractivity contribution in [3.63, 3.8) is 0 Å². The lowest BCUT2D eigenvalue weighted by Gasteiger charge is -2.00. The van der Waals surface area contributed by atoms with E-state index in [0.717, 1.165) is 0 Å². The monoisotopic (exact) mass is 279 g/mol. The van der Waals surface area contributed by atoms with Gasteiger partial charge in [0.05, 0.1) is 13.3 Å². The second-order valence-electron chi connectivity index (χ2n) is 3.26. The Balaban J connectivity index is 2.21. The fourth-order valence-electron chi connectivity index (χ4n) is 1.21. The largest absolute Gasteiger partial charge is 0.478 e. The molecule has 0 saturated heterocycles. The molecule has 0 spiro atoms. The first kappa shape index (κ1) is 12.6. The first-order valence-corrected chi connectivity index (χ1v) is 5.47. The van der Waals surface area contributed by atoms with Crippen molar-refractivity contribution < 1.29 is 17.9 Å². The van der Waals surface area contributed by atoms with Gasteiger partial charge in [-0.1, -0.05) is 11.3 Å². The molecule has 1 N–H and O–H groups in total. The van der Waals surface area contributed by atoms with Crippen molar-refractivity contribution in [1.29, 1.82) is 0 Å². The van der Waals surface area contributed by atoms with Crippen molar-refractivity contribution in [1.82, 2.24) is 20.0 Å². The molecular formula is C8H8F3N5OS. The SMILES string of the molecule is COc1nn(C)cc1Nc1nnc(C(F)(F)F)s1. The summed E-state index contributed by atoms with van der Waals surface area (Å²) in [5.74, 6) is 0.265. The number of aromatic nitrogens is 4. The van der Waals surface area contributed by atoms with Gasteiger partial charge in [0.15, 0.2) is 0 Å². The highest BCUT2D eigenvalue weighted by Gasteiger charge is 2.35. The summed E-state index contributed by atoms with van der Waals surface area (Å²) in [5, 5.41) is 12.1. The van der Waals surface area contributed by atoms with Crippen molar-refractivity contribution in [3.05, 3.63) is 11.2 Å². The van der Waals surface area contributed by atoms with E-state index < -0.39 is 11.2 Å². The molecule has 0 saturated carbocycles. The van der Waals surface area contributed by atoms with Gasteiger partial charge in [-0.3, -0.25) is 4.68 Å². The van der Waals surface area contributed by atoms with Gasteiger partial charge in [0.2, 0.25) is 10.1 Å². The Morgan fingerprint density at radius 2 is 2.11 bits per heavy atom. The Kier molecular flexibility index (Phi) is 3.11. The third kappa shape index (κ3) is 2.53. The lowest BCUT2D eigenvalue weighted by atomic mass is 10.5. The zero-order chi connectivity index (χ0) is 13.3. The fraction of sp³-hybridized carbons (Fsp3) is 0.375. The molecule has 2 heterocycles. The molecule has 0 unspecified atom stereocenters. The number of anilines is 2. The van der Waals surface area contributed by atoms with Gasteiger partial charge in [0.1, 0.15) is 5.69 Å². The summed E-state index contributed by atoms with van der Waals surface area (Å²) >= 11 is 0.412. The molecule has 0 atom stereocenters. The molecule has 0 bridgehead atoms. The fourth-order valence-corrected chi connectivity index (χ4v) is 1.83. The van der Waals surface area contributed by atoms with Crippen LogP contribution < -0.4 is 10.1 Å². The van der Waals surface area contributed by atoms with Gasteiger partial charge < -0.3 is 10.1 Å². The number of nitrogens with zero attached hydrogens (tertiary/aromatic N) is 4. The average molecular weight is 279 g/mol. The van der Waals surface area contributed by atoms with Gasteiger partial charge in [-0.25, -0.2) is 0 Å². The van der Waals surface area contributed by atoms with Crippen molar-refractivity contribution in [2.45, 2.75) is 6.18 Å². The summed E-state index contributed by atoms with van der Waals surface area (Å²) in [6.45, 7) is 0. The van der Waals surface area contributed by atoms with Crippen molar-refractivity contribution >= 4 is 22.2 Å². The number of hydrogen-bond donors (Lipinski definition) is 1. The molecular weight excluding hydrogens is 271 g/mol. The lowest BCUT2D eigenvalue weighted by molar-refractivity contribution is -0.138. The molecule has 10 heteroatoms. The first-order chi connectivity index (χ1) is 8.40. The van der Waals surface area contributed by atoms with Crippen LogP contribution in [0.4, 0.5) is 24.0 Å². The minimum Gasteiger partial charge on any atom is -0.478 e. The highest BCUT2D eigenvalue weighted by atomic mass is 32.1. The van der Waals surface area contributed by atoms with E-state index in [9.17, 15) is 13.2 Å². The topological polar surface area (TPSA) is 64.9 Å². The van der Waals surface area contributed by atoms with Crippen LogP contribution in [0.1, 0.15) is 5.01 Å². The Bertz CT molecular complexity index is 549. The van der Waals surface area contributed by atoms with Crippen LogP contribution in [0.25, 0.3) is 0 Å². The summed E-state index contributed by atoms with van der Waals surface area (Å²) in [6, 6.07) is 0. The smallest absolute Gasteiger partial charge is 0.445 e. The molecule has 2 aromatic heterocycles. The molecule has 6 nitrogen and oxygen atoms in total. The zero-order valence-corrected chi connectivity index (χ0v) is 10.1. The minimum absolute atomic E-state index is 0.0219. The first-order valence-electron chi connectivity index (χ1n) is 4.65. The maximum Gasteiger partial charge on any atom is 0.445 e. The summed E-state index contributed by atoms with van der Waals surface area (Å²) in [6.07, 6.45) is -2.93. The molecule has 18 heavy (non-hydrogen) atoms. The molecule has 0 fully saturated rings. The third-order valence-electron chi connectivity index (χ3n) is 1.90. The molecule has 0 aliphatic heterocycles. The molecule has 2 aromatic rings. The van der Waals surface area contributed by atoms with E-state index in [0.29, 0.717) is 17.0 Å². The Hall–Kier alpha value is -1.84. The summed E-state index contributed by atoms with van der Waals surface area (Å²) in [7, 11) is 3.07. The van der Waals surface area contributed by atoms with Crippen LogP contribution in [0.5, 0.6) is 5.88 Å². The predicted molar refractivity (Wildman–Crippen MR) is 58.0 cm³/mol. The number of alkyl halides is 3. The van der Waals surface area contributed by atoms with Crippen LogP contribution in [0.15, 0.2) is 6.20 Å². The summed E-state index contributed by atoms with van der Waals surface area (Å²) < 4.78 is 43.4. The van der Waals surface area contributed by atoms with Crippen molar-refractivity contribution in [2.24, 2.45) is 7.05 Å². The maximum absolute atomic E-state index is 12.3. The molecule has 0 aliphatic rings. The van der Waals surface area contributed by atoms with Gasteiger partial charge in [-0.15, -0.1) is 15.3 Å². The zero-order valence-electron chi connectivity index (χ0n) is 9.32. The van der Waals surface area contributed by atoms with Gasteiger partial charge in [-0.2, -0.15) is 13.2 Å². The van der Waals surface area contributed by atoms with E-state index in [2.05, 4.69) is 20.6 Å². The number of aryl methyl sites for hydroxylation is 1. The summed E-state index contributed by atoms with van der Waals surface area (Å²) in [5.41, 5.74) is 0.421. The van der Waals surface area contributed by atoms with Crippen LogP contribution in [0.2, 0.25) is 0 Å². The number of nitrogens with one attached hydrogen (secondary N) is 1. The average Bonchev–Trinajstić information content (AvgIpc) is 2.85. The van der Waals surface area contributed by atoms with Gasteiger partial charge in [-0.05, 0) is 0 Å². The number of methoxy groups -OCH3 is 1. The Morgan fingerprint density at radius 1 is 1.39 bits per heavy atom. The second kappa shape index (κ2) is 4.44. The standard InChI is InChI=1S/C8H8F3N5OS/c1-16-3-4(5(15-16)17-2)12-7-14-13-6(18-7)8(9,10)11/h3H,1-2H3,(H,12,14). The van der Waals surface area contributed by atoms with Gasteiger partial charge in [0.25, 0.3) is 5.88 Å². The molecule has 0 aliphatic carbocycles. The van der Waals surface area contributed by atoms with E-state index in [4.69, 9.17) is 4.74 Å². The van der Waals surface area contributed by atoms with E-state index >= 15 is 0 Å². The van der Waals surface area contributed by atoms with Gasteiger partial charge >= 0.3 is 6.18 Å². The number of hydrogen-bond acceptors (Lipinski definition) is 6. The van der Waals surface area contributed by atoms with E-state index in [1.54, 1.807) is 13.2 Å². The van der Waals surface area contributed by atoms with Crippen molar-refractivity contribution in [3.8, 4) is 5.88 Å². The predicted octanol–water partition coefficient (Wildman–Crippen LogP) is 2.04. The second-order valence-corrected chi connectivity index (χ2v) is 4.24. The molecule has 0 amide bonds. The van der Waals surface area contributed by atoms with Crippen LogP contribution in [0.3, 0.4) is 0 Å². The number of rotatable bonds is 3. The lowest BCUT2D eigenvalue weighted by Crippen LogP contribution is -2.03. The summed E-state index contributed by atoms with van der Waals surface area (Å²) in [4.78, 5) is 0. The number of ether oxygens (including phenoxy) is 1. The van der Waals surface area contributed by atoms with E-state index in [1.807, 2.05) is 0 Å². The Labute approximate surface area is 103 Å². The minimum atomic E-state index is -4.49. The third-order valence-corrected chi connectivity index (χ3v) is 2.78. The Morgan fingerprint density at radius 3 is 2.67 bits per heavy atom. The quantitative estimate of drug-likeness (QED) is 0.931. The van der Waals surface area contributed by atoms with Crippen LogP contribution >= 0.6 is 11.3 Å². The van der Waals surface area contributed by atoms with Gasteiger partial charge in [0, 0.05) is 7.05 Å². The highest BCUT2D eigenvalue weighted by molar-refractivity contribution is 7.15. The van der Waals surface area contributed by atoms with Crippen LogP contribution in [-0.4, -0.2) is 27.1 Å². The van der Waals surface area contributed by atoms with Crippen LogP contribution in [0, 0.1) is 0 Å². The van der Waals surface area contributed by atoms with Crippen LogP contribution in [-0.2, 0) is 13.2 Å². The molecule has 2 rings (SSSR count). The normalized spacial score (nSPS) is 11.6. The molecule has 0 radical (unpaired) electrons. The maximum atomic E-state index is 12.3. The number of halogens is 3. The van der Waals surface area contributed by atoms with E-state index in [1.165, 1.54) is 11.8 Å². The molecule has 98 valence electrons. The molecule has 0 aromatic carbocycles. The van der Waals surface area contributed by atoms with Crippen molar-refractivity contribution in [2.75, 3.05) is 12.4 Å². The highest BCUT2D eigenvalue weighted by Crippen LogP contribution is 2.35.